The van der Waals surface area contributed by atoms with Crippen LogP contribution >= 0.6 is 0 Å². The van der Waals surface area contributed by atoms with Crippen LogP contribution in [-0.4, -0.2) is 46.3 Å². The van der Waals surface area contributed by atoms with Gasteiger partial charge in [0.25, 0.3) is 11.8 Å². The number of primary amides is 1. The molecule has 0 bridgehead atoms. The van der Waals surface area contributed by atoms with E-state index in [0.717, 1.165) is 17.7 Å². The van der Waals surface area contributed by atoms with Crippen molar-refractivity contribution in [3.05, 3.63) is 59.9 Å². The Morgan fingerprint density at radius 2 is 1.83 bits per heavy atom. The second-order valence-electron chi connectivity index (χ2n) is 6.34. The summed E-state index contributed by atoms with van der Waals surface area (Å²) in [6.45, 7) is -0.0716. The Kier molecular flexibility index (Phi) is 5.81. The summed E-state index contributed by atoms with van der Waals surface area (Å²) in [5, 5.41) is 4.03. The highest BCUT2D eigenvalue weighted by Gasteiger charge is 2.31. The molecule has 2 aromatic heterocycles. The molecule has 2 amide bonds. The average molecular weight is 422 g/mol. The quantitative estimate of drug-likeness (QED) is 0.630. The third kappa shape index (κ3) is 5.19. The van der Waals surface area contributed by atoms with Crippen LogP contribution in [0.2, 0.25) is 0 Å². The van der Waals surface area contributed by atoms with Gasteiger partial charge in [0.05, 0.1) is 17.3 Å². The number of halogens is 3. The molecule has 0 radical (unpaired) electrons. The number of rotatable bonds is 7. The first kappa shape index (κ1) is 21.0. The van der Waals surface area contributed by atoms with Crippen LogP contribution in [0.4, 0.5) is 13.2 Å². The normalized spacial score (nSPS) is 11.3. The molecule has 0 spiro atoms. The number of fused-ring (bicyclic) bond motifs is 1. The maximum Gasteiger partial charge on any atom is 0.573 e. The van der Waals surface area contributed by atoms with Crippen molar-refractivity contribution in [2.45, 2.75) is 12.9 Å². The zero-order chi connectivity index (χ0) is 21.9. The molecule has 3 rings (SSSR count). The summed E-state index contributed by atoms with van der Waals surface area (Å²) in [7, 11) is 1.57. The van der Waals surface area contributed by atoms with Crippen molar-refractivity contribution in [3.63, 3.8) is 0 Å². The van der Waals surface area contributed by atoms with Crippen molar-refractivity contribution >= 4 is 17.3 Å². The zero-order valence-electron chi connectivity index (χ0n) is 15.7. The Morgan fingerprint density at radius 1 is 1.17 bits per heavy atom. The molecule has 0 aliphatic heterocycles. The summed E-state index contributed by atoms with van der Waals surface area (Å²) in [6, 6.07) is 8.18. The number of carbonyl (C=O) groups is 2. The van der Waals surface area contributed by atoms with Crippen molar-refractivity contribution < 1.29 is 32.2 Å². The number of nitrogens with zero attached hydrogens (tertiary/aromatic N) is 3. The SMILES string of the molecule is CN(Cc1ccn2ncc(C(N)=O)c2c1)C(=O)COc1ccc(OC(F)(F)F)cc1. The molecule has 0 atom stereocenters. The fourth-order valence-corrected chi connectivity index (χ4v) is 2.67. The van der Waals surface area contributed by atoms with Crippen molar-refractivity contribution in [3.8, 4) is 11.5 Å². The van der Waals surface area contributed by atoms with Gasteiger partial charge in [-0.15, -0.1) is 13.2 Å². The second kappa shape index (κ2) is 8.31. The Labute approximate surface area is 168 Å². The zero-order valence-corrected chi connectivity index (χ0v) is 15.7. The molecule has 2 heterocycles. The maximum atomic E-state index is 12.3. The van der Waals surface area contributed by atoms with E-state index in [1.807, 2.05) is 0 Å². The van der Waals surface area contributed by atoms with E-state index in [9.17, 15) is 22.8 Å². The molecule has 0 unspecified atom stereocenters. The highest BCUT2D eigenvalue weighted by Crippen LogP contribution is 2.24. The van der Waals surface area contributed by atoms with E-state index in [1.165, 1.54) is 27.7 Å². The van der Waals surface area contributed by atoms with E-state index in [1.54, 1.807) is 25.4 Å². The van der Waals surface area contributed by atoms with E-state index in [2.05, 4.69) is 9.84 Å². The predicted molar refractivity (Wildman–Crippen MR) is 98.8 cm³/mol. The number of aromatic nitrogens is 2. The van der Waals surface area contributed by atoms with Crippen LogP contribution < -0.4 is 15.2 Å². The van der Waals surface area contributed by atoms with Crippen LogP contribution in [0.5, 0.6) is 11.5 Å². The second-order valence-corrected chi connectivity index (χ2v) is 6.34. The summed E-state index contributed by atoms with van der Waals surface area (Å²) in [4.78, 5) is 25.2. The van der Waals surface area contributed by atoms with Gasteiger partial charge in [-0.05, 0) is 42.0 Å². The van der Waals surface area contributed by atoms with Crippen LogP contribution in [0.15, 0.2) is 48.8 Å². The van der Waals surface area contributed by atoms with Crippen molar-refractivity contribution in [1.29, 1.82) is 0 Å². The maximum absolute atomic E-state index is 12.3. The lowest BCUT2D eigenvalue weighted by atomic mass is 10.2. The molecule has 0 aliphatic carbocycles. The molecule has 158 valence electrons. The molecule has 0 saturated carbocycles. The number of amides is 2. The third-order valence-electron chi connectivity index (χ3n) is 4.12. The summed E-state index contributed by atoms with van der Waals surface area (Å²) in [6.07, 6.45) is -1.76. The lowest BCUT2D eigenvalue weighted by molar-refractivity contribution is -0.274. The minimum absolute atomic E-state index is 0.220. The largest absolute Gasteiger partial charge is 0.573 e. The number of likely N-dealkylation sites (N-methyl/N-ethyl adjacent to an activating group) is 1. The van der Waals surface area contributed by atoms with Gasteiger partial charge in [-0.1, -0.05) is 0 Å². The van der Waals surface area contributed by atoms with Gasteiger partial charge in [-0.3, -0.25) is 9.59 Å². The van der Waals surface area contributed by atoms with Crippen LogP contribution in [0.25, 0.3) is 5.52 Å². The Morgan fingerprint density at radius 3 is 2.47 bits per heavy atom. The number of hydrogen-bond acceptors (Lipinski definition) is 5. The van der Waals surface area contributed by atoms with Crippen LogP contribution in [0.3, 0.4) is 0 Å². The van der Waals surface area contributed by atoms with E-state index in [0.29, 0.717) is 5.52 Å². The minimum atomic E-state index is -4.78. The molecule has 30 heavy (non-hydrogen) atoms. The highest BCUT2D eigenvalue weighted by molar-refractivity contribution is 5.99. The lowest BCUT2D eigenvalue weighted by Gasteiger charge is -2.18. The standard InChI is InChI=1S/C19H17F3N4O4/c1-25(10-12-6-7-26-16(8-12)15(9-24-26)18(23)28)17(27)11-29-13-2-4-14(5-3-13)30-19(20,21)22/h2-9H,10-11H2,1H3,(H2,23,28). The van der Waals surface area contributed by atoms with Crippen LogP contribution in [0.1, 0.15) is 15.9 Å². The lowest BCUT2D eigenvalue weighted by Crippen LogP contribution is -2.31. The van der Waals surface area contributed by atoms with Gasteiger partial charge in [0, 0.05) is 19.8 Å². The molecule has 1 aromatic carbocycles. The van der Waals surface area contributed by atoms with Gasteiger partial charge < -0.3 is 20.1 Å². The van der Waals surface area contributed by atoms with Crippen molar-refractivity contribution in [1.82, 2.24) is 14.5 Å². The number of pyridine rings is 1. The monoisotopic (exact) mass is 422 g/mol. The first-order chi connectivity index (χ1) is 14.1. The van der Waals surface area contributed by atoms with Gasteiger partial charge in [0.1, 0.15) is 11.5 Å². The molecular weight excluding hydrogens is 405 g/mol. The predicted octanol–water partition coefficient (Wildman–Crippen LogP) is 2.37. The van der Waals surface area contributed by atoms with Crippen LogP contribution in [-0.2, 0) is 11.3 Å². The minimum Gasteiger partial charge on any atom is -0.484 e. The average Bonchev–Trinajstić information content (AvgIpc) is 3.09. The van der Waals surface area contributed by atoms with Gasteiger partial charge in [0.2, 0.25) is 0 Å². The van der Waals surface area contributed by atoms with Gasteiger partial charge in [-0.25, -0.2) is 4.52 Å². The number of nitrogens with two attached hydrogens (primary N) is 1. The molecule has 2 N–H and O–H groups in total. The topological polar surface area (TPSA) is 99.2 Å². The molecule has 8 nitrogen and oxygen atoms in total. The van der Waals surface area contributed by atoms with Gasteiger partial charge >= 0.3 is 6.36 Å². The number of alkyl halides is 3. The number of carbonyl (C=O) groups excluding carboxylic acids is 2. The number of ether oxygens (including phenoxy) is 2. The molecule has 0 saturated heterocycles. The Balaban J connectivity index is 1.58. The molecule has 11 heteroatoms. The van der Waals surface area contributed by atoms with Gasteiger partial charge in [-0.2, -0.15) is 5.10 Å². The third-order valence-corrected chi connectivity index (χ3v) is 4.12. The van der Waals surface area contributed by atoms with E-state index >= 15 is 0 Å². The summed E-state index contributed by atoms with van der Waals surface area (Å²) >= 11 is 0. The summed E-state index contributed by atoms with van der Waals surface area (Å²) in [5.41, 5.74) is 6.86. The molecule has 0 aliphatic rings. The van der Waals surface area contributed by atoms with E-state index < -0.39 is 12.3 Å². The van der Waals surface area contributed by atoms with Gasteiger partial charge in [0.15, 0.2) is 6.61 Å². The molecule has 0 fully saturated rings. The molecule has 3 aromatic rings. The Bertz CT molecular complexity index is 1060. The molecular formula is C19H17F3N4O4. The smallest absolute Gasteiger partial charge is 0.484 e. The summed E-state index contributed by atoms with van der Waals surface area (Å²) in [5.74, 6) is -1.12. The fourth-order valence-electron chi connectivity index (χ4n) is 2.67. The highest BCUT2D eigenvalue weighted by atomic mass is 19.4. The van der Waals surface area contributed by atoms with Crippen molar-refractivity contribution in [2.24, 2.45) is 5.73 Å². The van der Waals surface area contributed by atoms with E-state index in [4.69, 9.17) is 10.5 Å². The van der Waals surface area contributed by atoms with E-state index in [-0.39, 0.29) is 36.1 Å². The van der Waals surface area contributed by atoms with Crippen LogP contribution in [0, 0.1) is 0 Å². The first-order valence-electron chi connectivity index (χ1n) is 8.61. The fraction of sp³-hybridized carbons (Fsp3) is 0.211. The number of hydrogen-bond donors (Lipinski definition) is 1. The Hall–Kier alpha value is -3.76. The summed E-state index contributed by atoms with van der Waals surface area (Å²) < 4.78 is 47.1. The van der Waals surface area contributed by atoms with Crippen molar-refractivity contribution in [2.75, 3.05) is 13.7 Å². The number of benzene rings is 1. The first-order valence-corrected chi connectivity index (χ1v) is 8.61.